The number of piperidine rings is 1. The monoisotopic (exact) mass is 510 g/mol. The zero-order chi connectivity index (χ0) is 23.4. The first-order valence-electron chi connectivity index (χ1n) is 12.2. The van der Waals surface area contributed by atoms with E-state index in [1.54, 1.807) is 0 Å². The molecule has 1 aliphatic heterocycles. The van der Waals surface area contributed by atoms with E-state index < -0.39 is 0 Å². The molecule has 0 aliphatic carbocycles. The lowest BCUT2D eigenvalue weighted by atomic mass is 9.94. The van der Waals surface area contributed by atoms with Crippen LogP contribution in [0, 0.1) is 5.92 Å². The van der Waals surface area contributed by atoms with Gasteiger partial charge in [-0.3, -0.25) is 14.3 Å². The molecule has 3 aromatic rings. The normalized spacial score (nSPS) is 15.4. The SMILES string of the molecule is CCCCN(C(=O)C1CCN(Cc2nc3ccccc3n2-c2cccc(Br)c2)CC1)C(C)C. The van der Waals surface area contributed by atoms with Gasteiger partial charge in [-0.15, -0.1) is 0 Å². The molecular formula is C27H35BrN4O. The van der Waals surface area contributed by atoms with Crippen LogP contribution in [0.1, 0.15) is 52.3 Å². The zero-order valence-corrected chi connectivity index (χ0v) is 21.6. The number of aromatic nitrogens is 2. The van der Waals surface area contributed by atoms with E-state index in [2.05, 4.69) is 87.5 Å². The highest BCUT2D eigenvalue weighted by Gasteiger charge is 2.30. The second kappa shape index (κ2) is 10.8. The number of imidazole rings is 1. The van der Waals surface area contributed by atoms with Crippen molar-refractivity contribution in [3.63, 3.8) is 0 Å². The van der Waals surface area contributed by atoms with E-state index in [1.165, 1.54) is 0 Å². The topological polar surface area (TPSA) is 41.4 Å². The van der Waals surface area contributed by atoms with Crippen molar-refractivity contribution in [3.8, 4) is 5.69 Å². The molecule has 1 saturated heterocycles. The number of likely N-dealkylation sites (tertiary alicyclic amines) is 1. The van der Waals surface area contributed by atoms with Crippen LogP contribution in [0.25, 0.3) is 16.7 Å². The van der Waals surface area contributed by atoms with Crippen LogP contribution in [-0.4, -0.2) is 50.9 Å². The minimum atomic E-state index is 0.143. The maximum Gasteiger partial charge on any atom is 0.226 e. The van der Waals surface area contributed by atoms with Crippen molar-refractivity contribution in [3.05, 3.63) is 58.8 Å². The fourth-order valence-electron chi connectivity index (χ4n) is 4.81. The van der Waals surface area contributed by atoms with Crippen molar-refractivity contribution in [1.82, 2.24) is 19.4 Å². The van der Waals surface area contributed by atoms with Crippen LogP contribution < -0.4 is 0 Å². The second-order valence-electron chi connectivity index (χ2n) is 9.36. The molecule has 5 nitrogen and oxygen atoms in total. The first kappa shape index (κ1) is 24.0. The van der Waals surface area contributed by atoms with E-state index in [9.17, 15) is 4.79 Å². The zero-order valence-electron chi connectivity index (χ0n) is 20.0. The molecule has 33 heavy (non-hydrogen) atoms. The van der Waals surface area contributed by atoms with Crippen LogP contribution in [0.2, 0.25) is 0 Å². The van der Waals surface area contributed by atoms with Gasteiger partial charge in [0.05, 0.1) is 17.6 Å². The number of halogens is 1. The first-order chi connectivity index (χ1) is 16.0. The van der Waals surface area contributed by atoms with Gasteiger partial charge in [0.2, 0.25) is 5.91 Å². The van der Waals surface area contributed by atoms with Crippen molar-refractivity contribution < 1.29 is 4.79 Å². The number of rotatable bonds is 8. The van der Waals surface area contributed by atoms with Crippen LogP contribution in [0.3, 0.4) is 0 Å². The summed E-state index contributed by atoms with van der Waals surface area (Å²) in [5, 5.41) is 0. The molecule has 0 atom stereocenters. The summed E-state index contributed by atoms with van der Waals surface area (Å²) in [7, 11) is 0. The molecule has 1 aromatic heterocycles. The highest BCUT2D eigenvalue weighted by Crippen LogP contribution is 2.27. The Kier molecular flexibility index (Phi) is 7.86. The Bertz CT molecular complexity index is 1080. The Labute approximate surface area is 205 Å². The number of nitrogens with zero attached hydrogens (tertiary/aromatic N) is 4. The van der Waals surface area contributed by atoms with E-state index in [0.29, 0.717) is 5.91 Å². The van der Waals surface area contributed by atoms with E-state index >= 15 is 0 Å². The summed E-state index contributed by atoms with van der Waals surface area (Å²) in [6, 6.07) is 17.0. The highest BCUT2D eigenvalue weighted by molar-refractivity contribution is 9.10. The molecule has 1 amide bonds. The number of benzene rings is 2. The maximum absolute atomic E-state index is 13.2. The molecule has 0 radical (unpaired) electrons. The highest BCUT2D eigenvalue weighted by atomic mass is 79.9. The summed E-state index contributed by atoms with van der Waals surface area (Å²) in [6.45, 7) is 9.97. The Morgan fingerprint density at radius 3 is 2.61 bits per heavy atom. The fraction of sp³-hybridized carbons (Fsp3) is 0.481. The first-order valence-corrected chi connectivity index (χ1v) is 13.0. The molecule has 0 saturated carbocycles. The van der Waals surface area contributed by atoms with Gasteiger partial charge in [0, 0.05) is 28.7 Å². The largest absolute Gasteiger partial charge is 0.340 e. The summed E-state index contributed by atoms with van der Waals surface area (Å²) in [5.74, 6) is 1.54. The molecule has 0 unspecified atom stereocenters. The van der Waals surface area contributed by atoms with E-state index in [1.807, 2.05) is 12.1 Å². The quantitative estimate of drug-likeness (QED) is 0.371. The second-order valence-corrected chi connectivity index (χ2v) is 10.3. The molecule has 4 rings (SSSR count). The third-order valence-corrected chi connectivity index (χ3v) is 7.15. The average Bonchev–Trinajstić information content (AvgIpc) is 3.17. The van der Waals surface area contributed by atoms with Gasteiger partial charge in [0.15, 0.2) is 0 Å². The summed E-state index contributed by atoms with van der Waals surface area (Å²) in [5.41, 5.74) is 3.25. The number of amides is 1. The third kappa shape index (κ3) is 5.49. The van der Waals surface area contributed by atoms with Gasteiger partial charge in [0.1, 0.15) is 5.82 Å². The van der Waals surface area contributed by atoms with E-state index in [-0.39, 0.29) is 12.0 Å². The molecule has 1 aliphatic rings. The van der Waals surface area contributed by atoms with Crippen molar-refractivity contribution in [1.29, 1.82) is 0 Å². The average molecular weight is 512 g/mol. The molecule has 0 N–H and O–H groups in total. The van der Waals surface area contributed by atoms with Crippen molar-refractivity contribution in [2.45, 2.75) is 59.0 Å². The van der Waals surface area contributed by atoms with Crippen LogP contribution in [-0.2, 0) is 11.3 Å². The van der Waals surface area contributed by atoms with Gasteiger partial charge in [0.25, 0.3) is 0 Å². The van der Waals surface area contributed by atoms with Gasteiger partial charge in [-0.2, -0.15) is 0 Å². The Balaban J connectivity index is 1.48. The minimum Gasteiger partial charge on any atom is -0.340 e. The molecule has 6 heteroatoms. The molecule has 2 aromatic carbocycles. The third-order valence-electron chi connectivity index (χ3n) is 6.66. The lowest BCUT2D eigenvalue weighted by Crippen LogP contribution is -2.45. The van der Waals surface area contributed by atoms with Gasteiger partial charge in [-0.1, -0.05) is 47.5 Å². The van der Waals surface area contributed by atoms with Crippen LogP contribution >= 0.6 is 15.9 Å². The summed E-state index contributed by atoms with van der Waals surface area (Å²) in [4.78, 5) is 22.7. The lowest BCUT2D eigenvalue weighted by Gasteiger charge is -2.35. The van der Waals surface area contributed by atoms with Gasteiger partial charge in [-0.25, -0.2) is 4.98 Å². The van der Waals surface area contributed by atoms with Crippen LogP contribution in [0.15, 0.2) is 53.0 Å². The number of carbonyl (C=O) groups excluding carboxylic acids is 1. The predicted octanol–water partition coefficient (Wildman–Crippen LogP) is 6.04. The van der Waals surface area contributed by atoms with Gasteiger partial charge in [-0.05, 0) is 76.5 Å². The Hall–Kier alpha value is -2.18. The molecular weight excluding hydrogens is 476 g/mol. The fourth-order valence-corrected chi connectivity index (χ4v) is 5.20. The van der Waals surface area contributed by atoms with Crippen LogP contribution in [0.5, 0.6) is 0 Å². The molecule has 2 heterocycles. The van der Waals surface area contributed by atoms with Gasteiger partial charge < -0.3 is 4.90 Å². The summed E-state index contributed by atoms with van der Waals surface area (Å²) in [6.07, 6.45) is 4.04. The van der Waals surface area contributed by atoms with E-state index in [0.717, 1.165) is 78.9 Å². The molecule has 0 spiro atoms. The van der Waals surface area contributed by atoms with Crippen LogP contribution in [0.4, 0.5) is 0 Å². The van der Waals surface area contributed by atoms with Crippen molar-refractivity contribution >= 4 is 32.9 Å². The van der Waals surface area contributed by atoms with Crippen molar-refractivity contribution in [2.24, 2.45) is 5.92 Å². The van der Waals surface area contributed by atoms with E-state index in [4.69, 9.17) is 4.98 Å². The molecule has 1 fully saturated rings. The number of para-hydroxylation sites is 2. The number of hydrogen-bond acceptors (Lipinski definition) is 3. The smallest absolute Gasteiger partial charge is 0.226 e. The predicted molar refractivity (Wildman–Crippen MR) is 139 cm³/mol. The summed E-state index contributed by atoms with van der Waals surface area (Å²) >= 11 is 3.61. The maximum atomic E-state index is 13.2. The number of hydrogen-bond donors (Lipinski definition) is 0. The number of fused-ring (bicyclic) bond motifs is 1. The lowest BCUT2D eigenvalue weighted by molar-refractivity contribution is -0.139. The minimum absolute atomic E-state index is 0.143. The number of unbranched alkanes of at least 4 members (excludes halogenated alkanes) is 1. The summed E-state index contributed by atoms with van der Waals surface area (Å²) < 4.78 is 3.32. The Morgan fingerprint density at radius 1 is 1.15 bits per heavy atom. The van der Waals surface area contributed by atoms with Crippen molar-refractivity contribution in [2.75, 3.05) is 19.6 Å². The Morgan fingerprint density at radius 2 is 1.91 bits per heavy atom. The van der Waals surface area contributed by atoms with Gasteiger partial charge >= 0.3 is 0 Å². The molecule has 0 bridgehead atoms. The standard InChI is InChI=1S/C27H35BrN4O/c1-4-5-15-31(20(2)3)27(33)21-13-16-30(17-14-21)19-26-29-24-11-6-7-12-25(24)32(26)23-10-8-9-22(28)18-23/h6-12,18,20-21H,4-5,13-17,19H2,1-3H3. The number of carbonyl (C=O) groups is 1. The molecule has 176 valence electrons.